The Hall–Kier alpha value is -7.63. The summed E-state index contributed by atoms with van der Waals surface area (Å²) < 4.78 is 4.40. The fraction of sp³-hybridized carbons (Fsp3) is 0. The number of fused-ring (bicyclic) bond motifs is 6. The minimum absolute atomic E-state index is 0.669. The summed E-state index contributed by atoms with van der Waals surface area (Å²) in [5.41, 5.74) is 12.3. The van der Waals surface area contributed by atoms with Gasteiger partial charge in [-0.15, -0.1) is 0 Å². The van der Waals surface area contributed by atoms with Crippen molar-refractivity contribution in [3.63, 3.8) is 0 Å². The van der Waals surface area contributed by atoms with Crippen molar-refractivity contribution in [3.8, 4) is 62.1 Å². The Balaban J connectivity index is 1.17. The zero-order valence-electron chi connectivity index (χ0n) is 30.3. The van der Waals surface area contributed by atoms with Gasteiger partial charge in [-0.25, -0.2) is 14.5 Å². The van der Waals surface area contributed by atoms with E-state index in [1.807, 2.05) is 18.2 Å². The van der Waals surface area contributed by atoms with E-state index in [4.69, 9.17) is 15.1 Å². The first-order valence-electron chi connectivity index (χ1n) is 18.9. The van der Waals surface area contributed by atoms with Gasteiger partial charge in [-0.3, -0.25) is 4.57 Å². The Morgan fingerprint density at radius 3 is 1.64 bits per heavy atom. The second kappa shape index (κ2) is 13.0. The van der Waals surface area contributed by atoms with Gasteiger partial charge in [0, 0.05) is 50.0 Å². The van der Waals surface area contributed by atoms with Gasteiger partial charge >= 0.3 is 0 Å². The van der Waals surface area contributed by atoms with Crippen LogP contribution in [0, 0.1) is 0 Å². The van der Waals surface area contributed by atoms with Gasteiger partial charge in [0.25, 0.3) is 0 Å². The molecule has 0 atom stereocenters. The second-order valence-electron chi connectivity index (χ2n) is 14.1. The van der Waals surface area contributed by atoms with Crippen molar-refractivity contribution in [2.24, 2.45) is 0 Å². The summed E-state index contributed by atoms with van der Waals surface area (Å²) >= 11 is 0. The smallest absolute Gasteiger partial charge is 0.162 e. The molecule has 0 bridgehead atoms. The summed E-state index contributed by atoms with van der Waals surface area (Å²) in [5.74, 6) is 1.48. The number of benzene rings is 7. The van der Waals surface area contributed by atoms with Crippen LogP contribution in [0.15, 0.2) is 200 Å². The number of nitrogens with zero attached hydrogens (tertiary/aromatic N) is 5. The van der Waals surface area contributed by atoms with Crippen LogP contribution in [0.4, 0.5) is 0 Å². The van der Waals surface area contributed by atoms with Gasteiger partial charge in [-0.2, -0.15) is 5.10 Å². The van der Waals surface area contributed by atoms with E-state index in [-0.39, 0.29) is 0 Å². The Bertz CT molecular complexity index is 3180. The number of hydrogen-bond acceptors (Lipinski definition) is 3. The Labute approximate surface area is 323 Å². The van der Waals surface area contributed by atoms with Crippen molar-refractivity contribution in [2.75, 3.05) is 0 Å². The first kappa shape index (κ1) is 31.9. The molecule has 0 amide bonds. The molecule has 4 heterocycles. The zero-order chi connectivity index (χ0) is 37.0. The SMILES string of the molecule is c1ccc(-c2nc(-c3cccc(-c4nn5c(-c6ccccc6)cc6ccccc6c5c4-c4ccccc4)c3)cc(-n3c4ccccc4c4ccccc43)n2)cc1. The van der Waals surface area contributed by atoms with Crippen LogP contribution in [0.25, 0.3) is 100 Å². The van der Waals surface area contributed by atoms with Gasteiger partial charge in [-0.05, 0) is 35.2 Å². The van der Waals surface area contributed by atoms with Crippen LogP contribution in [-0.2, 0) is 0 Å². The van der Waals surface area contributed by atoms with Crippen molar-refractivity contribution in [2.45, 2.75) is 0 Å². The molecule has 0 saturated carbocycles. The summed E-state index contributed by atoms with van der Waals surface area (Å²) in [5, 5.41) is 10.2. The maximum Gasteiger partial charge on any atom is 0.162 e. The van der Waals surface area contributed by atoms with E-state index in [9.17, 15) is 0 Å². The van der Waals surface area contributed by atoms with Crippen LogP contribution >= 0.6 is 0 Å². The molecule has 0 saturated heterocycles. The lowest BCUT2D eigenvalue weighted by Gasteiger charge is -2.13. The van der Waals surface area contributed by atoms with Gasteiger partial charge in [-0.1, -0.05) is 170 Å². The second-order valence-corrected chi connectivity index (χ2v) is 14.1. The van der Waals surface area contributed by atoms with Crippen LogP contribution in [0.5, 0.6) is 0 Å². The van der Waals surface area contributed by atoms with Crippen molar-refractivity contribution in [1.82, 2.24) is 24.1 Å². The molecule has 4 aromatic heterocycles. The van der Waals surface area contributed by atoms with Gasteiger partial charge < -0.3 is 0 Å². The van der Waals surface area contributed by atoms with Crippen LogP contribution in [0.2, 0.25) is 0 Å². The van der Waals surface area contributed by atoms with E-state index < -0.39 is 0 Å². The van der Waals surface area contributed by atoms with Gasteiger partial charge in [0.15, 0.2) is 5.82 Å². The van der Waals surface area contributed by atoms with Crippen molar-refractivity contribution in [1.29, 1.82) is 0 Å². The highest BCUT2D eigenvalue weighted by Gasteiger charge is 2.22. The number of rotatable bonds is 6. The topological polar surface area (TPSA) is 48.0 Å². The zero-order valence-corrected chi connectivity index (χ0v) is 30.3. The predicted molar refractivity (Wildman–Crippen MR) is 230 cm³/mol. The fourth-order valence-electron chi connectivity index (χ4n) is 8.19. The Morgan fingerprint density at radius 1 is 0.393 bits per heavy atom. The molecular formula is C51H33N5. The molecule has 0 fully saturated rings. The van der Waals surface area contributed by atoms with Crippen LogP contribution in [-0.4, -0.2) is 24.1 Å². The molecule has 0 aliphatic heterocycles. The van der Waals surface area contributed by atoms with Crippen LogP contribution in [0.3, 0.4) is 0 Å². The number of hydrogen-bond donors (Lipinski definition) is 0. The van der Waals surface area contributed by atoms with E-state index in [2.05, 4.69) is 191 Å². The van der Waals surface area contributed by atoms with Gasteiger partial charge in [0.05, 0.1) is 27.9 Å². The van der Waals surface area contributed by atoms with E-state index in [1.54, 1.807) is 0 Å². The maximum atomic E-state index is 5.49. The minimum atomic E-state index is 0.669. The summed E-state index contributed by atoms with van der Waals surface area (Å²) in [6.45, 7) is 0. The predicted octanol–water partition coefficient (Wildman–Crippen LogP) is 12.7. The highest BCUT2D eigenvalue weighted by atomic mass is 15.2. The van der Waals surface area contributed by atoms with Crippen molar-refractivity contribution in [3.05, 3.63) is 200 Å². The van der Waals surface area contributed by atoms with E-state index in [1.165, 1.54) is 16.2 Å². The highest BCUT2D eigenvalue weighted by molar-refractivity contribution is 6.10. The average Bonchev–Trinajstić information content (AvgIpc) is 3.85. The summed E-state index contributed by atoms with van der Waals surface area (Å²) in [6.07, 6.45) is 0. The van der Waals surface area contributed by atoms with E-state index in [0.29, 0.717) is 5.82 Å². The fourth-order valence-corrected chi connectivity index (χ4v) is 8.19. The maximum absolute atomic E-state index is 5.49. The molecule has 0 spiro atoms. The largest absolute Gasteiger partial charge is 0.294 e. The van der Waals surface area contributed by atoms with E-state index >= 15 is 0 Å². The summed E-state index contributed by atoms with van der Waals surface area (Å²) in [6, 6.07) is 70.1. The number of aromatic nitrogens is 5. The number of pyridine rings is 1. The molecule has 0 aliphatic rings. The van der Waals surface area contributed by atoms with Gasteiger partial charge in [0.1, 0.15) is 11.5 Å². The molecule has 0 radical (unpaired) electrons. The molecule has 0 N–H and O–H groups in total. The third-order valence-electron chi connectivity index (χ3n) is 10.7. The van der Waals surface area contributed by atoms with E-state index in [0.717, 1.165) is 78.2 Å². The lowest BCUT2D eigenvalue weighted by atomic mass is 9.96. The molecule has 5 heteroatoms. The molecule has 5 nitrogen and oxygen atoms in total. The highest BCUT2D eigenvalue weighted by Crippen LogP contribution is 2.42. The van der Waals surface area contributed by atoms with Crippen LogP contribution in [0.1, 0.15) is 0 Å². The molecule has 262 valence electrons. The van der Waals surface area contributed by atoms with Gasteiger partial charge in [0.2, 0.25) is 0 Å². The summed E-state index contributed by atoms with van der Waals surface area (Å²) in [7, 11) is 0. The normalized spacial score (nSPS) is 11.6. The monoisotopic (exact) mass is 715 g/mol. The summed E-state index contributed by atoms with van der Waals surface area (Å²) in [4.78, 5) is 10.5. The molecule has 0 aliphatic carbocycles. The average molecular weight is 716 g/mol. The minimum Gasteiger partial charge on any atom is -0.294 e. The molecule has 7 aromatic carbocycles. The quantitative estimate of drug-likeness (QED) is 0.172. The first-order chi connectivity index (χ1) is 27.8. The Kier molecular flexibility index (Phi) is 7.42. The standard InChI is InChI=1S/C51H33N5/c1-4-17-34(18-5-1)46-32-37-23-10-11-26-40(37)50-48(35-19-6-2-7-20-35)49(54-56(46)50)39-25-16-24-38(31-39)43-33-47(53-51(52-43)36-21-8-3-9-22-36)55-44-29-14-12-27-41(44)42-28-13-15-30-45(42)55/h1-33H. The molecular weight excluding hydrogens is 683 g/mol. The third-order valence-corrected chi connectivity index (χ3v) is 10.7. The first-order valence-corrected chi connectivity index (χ1v) is 18.9. The molecule has 11 rings (SSSR count). The number of para-hydroxylation sites is 2. The van der Waals surface area contributed by atoms with Crippen LogP contribution < -0.4 is 0 Å². The lowest BCUT2D eigenvalue weighted by molar-refractivity contribution is 0.979. The molecule has 56 heavy (non-hydrogen) atoms. The van der Waals surface area contributed by atoms with Crippen molar-refractivity contribution < 1.29 is 0 Å². The molecule has 0 unspecified atom stereocenters. The Morgan fingerprint density at radius 2 is 0.946 bits per heavy atom. The lowest BCUT2D eigenvalue weighted by Crippen LogP contribution is -2.02. The third kappa shape index (κ3) is 5.21. The van der Waals surface area contributed by atoms with Crippen molar-refractivity contribution >= 4 is 38.1 Å². The molecule has 11 aromatic rings.